The first-order valence-electron chi connectivity index (χ1n) is 8.16. The summed E-state index contributed by atoms with van der Waals surface area (Å²) < 4.78 is 7.14. The predicted molar refractivity (Wildman–Crippen MR) is 82.8 cm³/mol. The first kappa shape index (κ1) is 14.4. The molecule has 1 saturated heterocycles. The van der Waals surface area contributed by atoms with Crippen LogP contribution in [0.15, 0.2) is 22.9 Å². The van der Waals surface area contributed by atoms with Gasteiger partial charge in [-0.2, -0.15) is 5.10 Å². The Bertz CT molecular complexity index is 703. The zero-order valence-electron chi connectivity index (χ0n) is 13.2. The molecule has 2 fully saturated rings. The number of hydrogen-bond acceptors (Lipinski definition) is 5. The Balaban J connectivity index is 1.31. The van der Waals surface area contributed by atoms with E-state index in [1.165, 1.54) is 5.69 Å². The Labute approximate surface area is 134 Å². The number of carbonyl (C=O) groups excluding carboxylic acids is 1. The SMILES string of the molecule is Cn1nccc1CN1CCC(NC(=O)c2cc(C3CC3)on2)C1. The topological polar surface area (TPSA) is 76.2 Å². The minimum absolute atomic E-state index is 0.131. The fourth-order valence-electron chi connectivity index (χ4n) is 3.10. The van der Waals surface area contributed by atoms with Crippen molar-refractivity contribution in [2.75, 3.05) is 13.1 Å². The Morgan fingerprint density at radius 2 is 2.30 bits per heavy atom. The number of rotatable bonds is 5. The molecule has 1 unspecified atom stereocenters. The maximum absolute atomic E-state index is 12.3. The van der Waals surface area contributed by atoms with E-state index in [1.54, 1.807) is 6.07 Å². The second-order valence-corrected chi connectivity index (χ2v) is 6.53. The Hall–Kier alpha value is -2.15. The van der Waals surface area contributed by atoms with Gasteiger partial charge in [-0.05, 0) is 25.3 Å². The molecule has 122 valence electrons. The van der Waals surface area contributed by atoms with Crippen LogP contribution in [0.1, 0.15) is 47.1 Å². The smallest absolute Gasteiger partial charge is 0.273 e. The van der Waals surface area contributed by atoms with Crippen molar-refractivity contribution in [3.8, 4) is 0 Å². The summed E-state index contributed by atoms with van der Waals surface area (Å²) in [7, 11) is 1.95. The summed E-state index contributed by atoms with van der Waals surface area (Å²) in [5.41, 5.74) is 1.58. The van der Waals surface area contributed by atoms with Crippen LogP contribution in [0.5, 0.6) is 0 Å². The Kier molecular flexibility index (Phi) is 3.65. The minimum Gasteiger partial charge on any atom is -0.360 e. The lowest BCUT2D eigenvalue weighted by Gasteiger charge is -2.16. The third-order valence-corrected chi connectivity index (χ3v) is 4.66. The quantitative estimate of drug-likeness (QED) is 0.900. The van der Waals surface area contributed by atoms with Crippen LogP contribution >= 0.6 is 0 Å². The van der Waals surface area contributed by atoms with Gasteiger partial charge < -0.3 is 9.84 Å². The highest BCUT2D eigenvalue weighted by atomic mass is 16.5. The van der Waals surface area contributed by atoms with Crippen molar-refractivity contribution in [2.24, 2.45) is 7.05 Å². The van der Waals surface area contributed by atoms with E-state index >= 15 is 0 Å². The number of amides is 1. The fraction of sp³-hybridized carbons (Fsp3) is 0.562. The van der Waals surface area contributed by atoms with Crippen molar-refractivity contribution in [2.45, 2.75) is 37.8 Å². The zero-order valence-corrected chi connectivity index (χ0v) is 13.2. The van der Waals surface area contributed by atoms with Crippen molar-refractivity contribution >= 4 is 5.91 Å². The highest BCUT2D eigenvalue weighted by Gasteiger charge is 2.30. The lowest BCUT2D eigenvalue weighted by molar-refractivity contribution is 0.0928. The number of aromatic nitrogens is 3. The van der Waals surface area contributed by atoms with Crippen LogP contribution in [-0.4, -0.2) is 44.9 Å². The average molecular weight is 315 g/mol. The standard InChI is InChI=1S/C16H21N5O2/c1-20-13(4-6-17-20)10-21-7-5-12(9-21)18-16(22)14-8-15(23-19-14)11-2-3-11/h4,6,8,11-12H,2-3,5,7,9-10H2,1H3,(H,18,22). The molecule has 4 rings (SSSR count). The molecule has 1 aliphatic heterocycles. The number of nitrogens with zero attached hydrogens (tertiary/aromatic N) is 4. The van der Waals surface area contributed by atoms with E-state index in [4.69, 9.17) is 4.52 Å². The molecule has 1 N–H and O–H groups in total. The summed E-state index contributed by atoms with van der Waals surface area (Å²) in [4.78, 5) is 14.6. The minimum atomic E-state index is -0.131. The van der Waals surface area contributed by atoms with E-state index in [2.05, 4.69) is 20.5 Å². The highest BCUT2D eigenvalue weighted by molar-refractivity contribution is 5.92. The molecular weight excluding hydrogens is 294 g/mol. The lowest BCUT2D eigenvalue weighted by Crippen LogP contribution is -2.37. The summed E-state index contributed by atoms with van der Waals surface area (Å²) in [6, 6.07) is 3.98. The van der Waals surface area contributed by atoms with Crippen molar-refractivity contribution in [3.05, 3.63) is 35.5 Å². The molecule has 1 aliphatic carbocycles. The first-order chi connectivity index (χ1) is 11.2. The molecule has 0 aromatic carbocycles. The van der Waals surface area contributed by atoms with Gasteiger partial charge in [-0.15, -0.1) is 0 Å². The van der Waals surface area contributed by atoms with Crippen molar-refractivity contribution in [1.82, 2.24) is 25.2 Å². The molecule has 7 heteroatoms. The summed E-state index contributed by atoms with van der Waals surface area (Å²) >= 11 is 0. The van der Waals surface area contributed by atoms with E-state index in [1.807, 2.05) is 24.0 Å². The van der Waals surface area contributed by atoms with Crippen LogP contribution in [0.25, 0.3) is 0 Å². The van der Waals surface area contributed by atoms with E-state index in [0.717, 1.165) is 44.7 Å². The molecule has 0 radical (unpaired) electrons. The maximum atomic E-state index is 12.3. The van der Waals surface area contributed by atoms with E-state index in [-0.39, 0.29) is 11.9 Å². The van der Waals surface area contributed by atoms with Crippen LogP contribution in [-0.2, 0) is 13.6 Å². The zero-order chi connectivity index (χ0) is 15.8. The maximum Gasteiger partial charge on any atom is 0.273 e. The van der Waals surface area contributed by atoms with Gasteiger partial charge in [0.15, 0.2) is 5.69 Å². The third-order valence-electron chi connectivity index (χ3n) is 4.66. The average Bonchev–Trinajstić information content (AvgIpc) is 2.94. The molecule has 0 spiro atoms. The summed E-state index contributed by atoms with van der Waals surface area (Å²) in [6.45, 7) is 2.69. The van der Waals surface area contributed by atoms with Gasteiger partial charge in [0.2, 0.25) is 0 Å². The van der Waals surface area contributed by atoms with Crippen LogP contribution in [0.2, 0.25) is 0 Å². The molecule has 3 heterocycles. The van der Waals surface area contributed by atoms with E-state index in [9.17, 15) is 4.79 Å². The van der Waals surface area contributed by atoms with Gasteiger partial charge in [0.05, 0.1) is 5.69 Å². The van der Waals surface area contributed by atoms with Gasteiger partial charge in [-0.25, -0.2) is 0 Å². The van der Waals surface area contributed by atoms with Crippen LogP contribution in [0.3, 0.4) is 0 Å². The van der Waals surface area contributed by atoms with Gasteiger partial charge in [-0.3, -0.25) is 14.4 Å². The highest BCUT2D eigenvalue weighted by Crippen LogP contribution is 2.40. The van der Waals surface area contributed by atoms with Gasteiger partial charge in [0.1, 0.15) is 5.76 Å². The normalized spacial score (nSPS) is 21.7. The van der Waals surface area contributed by atoms with Crippen molar-refractivity contribution < 1.29 is 9.32 Å². The second-order valence-electron chi connectivity index (χ2n) is 6.53. The Morgan fingerprint density at radius 1 is 1.43 bits per heavy atom. The lowest BCUT2D eigenvalue weighted by atomic mass is 10.2. The number of aryl methyl sites for hydroxylation is 1. The summed E-state index contributed by atoms with van der Waals surface area (Å²) in [5, 5.41) is 11.2. The largest absolute Gasteiger partial charge is 0.360 e. The molecular formula is C16H21N5O2. The molecule has 2 aromatic rings. The molecule has 1 saturated carbocycles. The number of nitrogens with one attached hydrogen (secondary N) is 1. The van der Waals surface area contributed by atoms with E-state index in [0.29, 0.717) is 11.6 Å². The molecule has 2 aromatic heterocycles. The molecule has 7 nitrogen and oxygen atoms in total. The number of hydrogen-bond donors (Lipinski definition) is 1. The van der Waals surface area contributed by atoms with Gasteiger partial charge in [0, 0.05) is 50.9 Å². The Morgan fingerprint density at radius 3 is 3.04 bits per heavy atom. The monoisotopic (exact) mass is 315 g/mol. The first-order valence-corrected chi connectivity index (χ1v) is 8.16. The second kappa shape index (κ2) is 5.81. The third kappa shape index (κ3) is 3.14. The molecule has 1 atom stereocenters. The summed E-state index contributed by atoms with van der Waals surface area (Å²) in [6.07, 6.45) is 5.05. The van der Waals surface area contributed by atoms with Crippen LogP contribution < -0.4 is 5.32 Å². The summed E-state index contributed by atoms with van der Waals surface area (Å²) in [5.74, 6) is 1.19. The number of likely N-dealkylation sites (tertiary alicyclic amines) is 1. The van der Waals surface area contributed by atoms with Gasteiger partial charge >= 0.3 is 0 Å². The number of carbonyl (C=O) groups is 1. The molecule has 0 bridgehead atoms. The van der Waals surface area contributed by atoms with Crippen molar-refractivity contribution in [3.63, 3.8) is 0 Å². The predicted octanol–water partition coefficient (Wildman–Crippen LogP) is 1.29. The molecule has 1 amide bonds. The van der Waals surface area contributed by atoms with Gasteiger partial charge in [0.25, 0.3) is 5.91 Å². The van der Waals surface area contributed by atoms with Gasteiger partial charge in [-0.1, -0.05) is 5.16 Å². The van der Waals surface area contributed by atoms with Crippen molar-refractivity contribution in [1.29, 1.82) is 0 Å². The van der Waals surface area contributed by atoms with Crippen LogP contribution in [0.4, 0.5) is 0 Å². The molecule has 23 heavy (non-hydrogen) atoms. The fourth-order valence-corrected chi connectivity index (χ4v) is 3.10. The van der Waals surface area contributed by atoms with Crippen LogP contribution in [0, 0.1) is 0 Å². The van der Waals surface area contributed by atoms with E-state index < -0.39 is 0 Å². The molecule has 2 aliphatic rings.